The van der Waals surface area contributed by atoms with E-state index in [0.29, 0.717) is 23.4 Å². The summed E-state index contributed by atoms with van der Waals surface area (Å²) in [5.41, 5.74) is 8.44. The van der Waals surface area contributed by atoms with Crippen LogP contribution in [0.25, 0.3) is 21.6 Å². The lowest BCUT2D eigenvalue weighted by Gasteiger charge is -2.23. The van der Waals surface area contributed by atoms with Crippen molar-refractivity contribution >= 4 is 28.8 Å². The molecule has 2 saturated carbocycles. The normalized spacial score (nSPS) is 32.0. The average Bonchev–Trinajstić information content (AvgIpc) is 3.18. The van der Waals surface area contributed by atoms with E-state index in [0.717, 1.165) is 0 Å². The van der Waals surface area contributed by atoms with Crippen molar-refractivity contribution in [2.24, 2.45) is 16.4 Å². The first kappa shape index (κ1) is 16.5. The molecular weight excluding hydrogens is 342 g/mol. The Hall–Kier alpha value is -2.95. The number of carbonyl (C=O) groups is 1. The first-order valence-electron chi connectivity index (χ1n) is 8.05. The van der Waals surface area contributed by atoms with Crippen molar-refractivity contribution in [2.75, 3.05) is 19.4 Å². The minimum absolute atomic E-state index is 0.0903. The Kier molecular flexibility index (Phi) is 3.51. The van der Waals surface area contributed by atoms with Crippen LogP contribution in [-0.2, 0) is 4.79 Å². The van der Waals surface area contributed by atoms with Gasteiger partial charge in [0.05, 0.1) is 23.9 Å². The van der Waals surface area contributed by atoms with Gasteiger partial charge in [-0.05, 0) is 17.1 Å². The van der Waals surface area contributed by atoms with Crippen LogP contribution in [0.1, 0.15) is 12.5 Å². The number of carbonyl (C=O) groups excluding carboxylic acids is 1. The molecule has 2 aromatic heterocycles. The highest BCUT2D eigenvalue weighted by Gasteiger charge is 2.75. The fourth-order valence-electron chi connectivity index (χ4n) is 4.17. The van der Waals surface area contributed by atoms with Crippen LogP contribution in [0, 0.1) is 11.3 Å². The predicted octanol–water partition coefficient (Wildman–Crippen LogP) is -0.161. The number of hydrogen-bond donors (Lipinski definition) is 4. The predicted molar refractivity (Wildman–Crippen MR) is 89.3 cm³/mol. The van der Waals surface area contributed by atoms with Gasteiger partial charge >= 0.3 is 0 Å². The molecule has 0 unspecified atom stereocenters. The number of aromatic nitrogens is 4. The molecule has 12 heteroatoms. The van der Waals surface area contributed by atoms with Gasteiger partial charge in [0.25, 0.3) is 0 Å². The topological polar surface area (TPSA) is 174 Å². The summed E-state index contributed by atoms with van der Waals surface area (Å²) in [5.74, 6) is -0.257. The highest BCUT2D eigenvalue weighted by molar-refractivity contribution is 5.88. The number of azide groups is 1. The second-order valence-corrected chi connectivity index (χ2v) is 6.49. The van der Waals surface area contributed by atoms with E-state index in [4.69, 9.17) is 5.53 Å². The molecule has 0 bridgehead atoms. The smallest absolute Gasteiger partial charge is 0.229 e. The maximum Gasteiger partial charge on any atom is 0.229 e. The second kappa shape index (κ2) is 5.53. The van der Waals surface area contributed by atoms with Crippen LogP contribution in [0.2, 0.25) is 0 Å². The minimum Gasteiger partial charge on any atom is -0.389 e. The average molecular weight is 359 g/mol. The molecule has 4 N–H and O–H groups in total. The molecule has 1 amide bonds. The molecule has 2 aromatic rings. The summed E-state index contributed by atoms with van der Waals surface area (Å²) < 4.78 is 1.62. The molecule has 0 spiro atoms. The maximum atomic E-state index is 12.3. The summed E-state index contributed by atoms with van der Waals surface area (Å²) in [7, 11) is 3.15. The van der Waals surface area contributed by atoms with Crippen molar-refractivity contribution in [2.45, 2.75) is 24.7 Å². The summed E-state index contributed by atoms with van der Waals surface area (Å²) >= 11 is 0. The van der Waals surface area contributed by atoms with Gasteiger partial charge in [0, 0.05) is 24.9 Å². The zero-order chi connectivity index (χ0) is 18.6. The summed E-state index contributed by atoms with van der Waals surface area (Å²) in [6, 6.07) is -0.578. The SMILES string of the molecule is CNC(=O)[C@@]12C[C@@H]1[C@@H](n1cnc3c(NC)nc(N=[N+]=[N-])nc31)[C@H](O)[C@@H]2O. The highest BCUT2D eigenvalue weighted by atomic mass is 16.3. The molecule has 4 rings (SSSR count). The molecule has 0 saturated heterocycles. The van der Waals surface area contributed by atoms with Crippen LogP contribution in [0.4, 0.5) is 11.8 Å². The van der Waals surface area contributed by atoms with Gasteiger partial charge in [0.2, 0.25) is 11.9 Å². The van der Waals surface area contributed by atoms with Crippen molar-refractivity contribution in [1.29, 1.82) is 0 Å². The summed E-state index contributed by atoms with van der Waals surface area (Å²) in [6.07, 6.45) is -0.391. The zero-order valence-electron chi connectivity index (χ0n) is 14.0. The Morgan fingerprint density at radius 1 is 1.46 bits per heavy atom. The minimum atomic E-state index is -1.18. The van der Waals surface area contributed by atoms with Crippen LogP contribution >= 0.6 is 0 Å². The van der Waals surface area contributed by atoms with E-state index in [1.165, 1.54) is 13.4 Å². The van der Waals surface area contributed by atoms with Crippen molar-refractivity contribution in [3.8, 4) is 0 Å². The van der Waals surface area contributed by atoms with Gasteiger partial charge in [-0.25, -0.2) is 15.0 Å². The lowest BCUT2D eigenvalue weighted by Crippen LogP contribution is -2.41. The molecule has 12 nitrogen and oxygen atoms in total. The summed E-state index contributed by atoms with van der Waals surface area (Å²) in [6.45, 7) is 0. The molecule has 5 atom stereocenters. The maximum absolute atomic E-state index is 12.3. The number of nitrogens with one attached hydrogen (secondary N) is 2. The number of fused-ring (bicyclic) bond motifs is 2. The standard InChI is InChI=1S/C14H17N9O3/c1-16-10-6-11(20-13(19-10)21-22-15)23(4-18-6)7-5-3-14(5,12(26)17-2)9(25)8(7)24/h4-5,7-9,24-25H,3H2,1-2H3,(H,17,26)(H,16,19,20)/t5-,7-,8+,9+,14+/m1/s1. The van der Waals surface area contributed by atoms with E-state index in [9.17, 15) is 15.0 Å². The number of anilines is 1. The van der Waals surface area contributed by atoms with E-state index >= 15 is 0 Å². The van der Waals surface area contributed by atoms with Crippen molar-refractivity contribution in [1.82, 2.24) is 24.8 Å². The molecule has 2 heterocycles. The number of hydrogen-bond acceptors (Lipinski definition) is 8. The number of imidazole rings is 1. The number of aliphatic hydroxyl groups excluding tert-OH is 2. The lowest BCUT2D eigenvalue weighted by atomic mass is 9.98. The van der Waals surface area contributed by atoms with Gasteiger partial charge in [-0.1, -0.05) is 0 Å². The number of rotatable bonds is 4. The second-order valence-electron chi connectivity index (χ2n) is 6.49. The molecule has 136 valence electrons. The van der Waals surface area contributed by atoms with Crippen molar-refractivity contribution in [3.05, 3.63) is 16.8 Å². The lowest BCUT2D eigenvalue weighted by molar-refractivity contribution is -0.132. The first-order valence-corrected chi connectivity index (χ1v) is 8.05. The monoisotopic (exact) mass is 359 g/mol. The van der Waals surface area contributed by atoms with Gasteiger partial charge in [0.15, 0.2) is 11.5 Å². The highest BCUT2D eigenvalue weighted by Crippen LogP contribution is 2.67. The van der Waals surface area contributed by atoms with E-state index in [1.807, 2.05) is 0 Å². The van der Waals surface area contributed by atoms with Crippen molar-refractivity contribution < 1.29 is 15.0 Å². The van der Waals surface area contributed by atoms with Gasteiger partial charge in [-0.2, -0.15) is 0 Å². The molecule has 2 fully saturated rings. The van der Waals surface area contributed by atoms with Gasteiger partial charge in [-0.3, -0.25) is 4.79 Å². The first-order chi connectivity index (χ1) is 12.5. The summed E-state index contributed by atoms with van der Waals surface area (Å²) in [5, 5.41) is 29.9. The third-order valence-corrected chi connectivity index (χ3v) is 5.42. The third kappa shape index (κ3) is 1.94. The van der Waals surface area contributed by atoms with E-state index < -0.39 is 23.7 Å². The van der Waals surface area contributed by atoms with Crippen LogP contribution in [0.5, 0.6) is 0 Å². The van der Waals surface area contributed by atoms with E-state index in [1.54, 1.807) is 11.6 Å². The Morgan fingerprint density at radius 2 is 2.23 bits per heavy atom. The van der Waals surface area contributed by atoms with Crippen LogP contribution in [0.3, 0.4) is 0 Å². The van der Waals surface area contributed by atoms with Crippen LogP contribution < -0.4 is 10.6 Å². The number of nitrogens with zero attached hydrogens (tertiary/aromatic N) is 7. The molecule has 2 aliphatic rings. The fraction of sp³-hybridized carbons (Fsp3) is 0.571. The third-order valence-electron chi connectivity index (χ3n) is 5.42. The van der Waals surface area contributed by atoms with E-state index in [2.05, 4.69) is 35.6 Å². The van der Waals surface area contributed by atoms with Gasteiger partial charge in [0.1, 0.15) is 11.6 Å². The van der Waals surface area contributed by atoms with Crippen molar-refractivity contribution in [3.63, 3.8) is 0 Å². The van der Waals surface area contributed by atoms with Crippen LogP contribution in [0.15, 0.2) is 11.4 Å². The fourth-order valence-corrected chi connectivity index (χ4v) is 4.17. The molecule has 0 radical (unpaired) electrons. The molecular formula is C14H17N9O3. The van der Waals surface area contributed by atoms with Gasteiger partial charge < -0.3 is 25.4 Å². The van der Waals surface area contributed by atoms with Gasteiger partial charge in [-0.15, -0.1) is 0 Å². The summed E-state index contributed by atoms with van der Waals surface area (Å²) in [4.78, 5) is 27.5. The molecule has 0 aromatic carbocycles. The quantitative estimate of drug-likeness (QED) is 0.333. The van der Waals surface area contributed by atoms with Crippen LogP contribution in [-0.4, -0.2) is 61.9 Å². The Morgan fingerprint density at radius 3 is 2.88 bits per heavy atom. The molecule has 0 aliphatic heterocycles. The largest absolute Gasteiger partial charge is 0.389 e. The number of amides is 1. The van der Waals surface area contributed by atoms with E-state index in [-0.39, 0.29) is 17.8 Å². The molecule has 26 heavy (non-hydrogen) atoms. The Bertz CT molecular complexity index is 953. The molecule has 2 aliphatic carbocycles. The Balaban J connectivity index is 1.84. The zero-order valence-corrected chi connectivity index (χ0v) is 14.0. The number of aliphatic hydroxyl groups is 2. The Labute approximate surface area is 146 Å².